The molecule has 0 saturated carbocycles. The van der Waals surface area contributed by atoms with Crippen molar-refractivity contribution in [2.45, 2.75) is 6.92 Å². The van der Waals surface area contributed by atoms with Crippen molar-refractivity contribution in [3.05, 3.63) is 78.6 Å². The first-order valence-corrected chi connectivity index (χ1v) is 5.80. The summed E-state index contributed by atoms with van der Waals surface area (Å²) in [7, 11) is 0. The van der Waals surface area contributed by atoms with Gasteiger partial charge in [-0.2, -0.15) is 5.10 Å². The summed E-state index contributed by atoms with van der Waals surface area (Å²) >= 11 is 0. The Balaban J connectivity index is 2.34. The van der Waals surface area contributed by atoms with Gasteiger partial charge in [-0.25, -0.2) is 5.01 Å². The van der Waals surface area contributed by atoms with E-state index in [1.54, 1.807) is 12.3 Å². The SMILES string of the molecule is C=CC1=C/C(=C)/C=C\N(c2ccc(C)cc2)/N=C\1. The van der Waals surface area contributed by atoms with E-state index in [9.17, 15) is 0 Å². The summed E-state index contributed by atoms with van der Waals surface area (Å²) in [5.41, 5.74) is 4.12. The molecule has 1 heterocycles. The molecule has 0 saturated heterocycles. The third-order valence-electron chi connectivity index (χ3n) is 2.65. The second kappa shape index (κ2) is 5.32. The molecule has 90 valence electrons. The van der Waals surface area contributed by atoms with Gasteiger partial charge in [0.15, 0.2) is 0 Å². The third kappa shape index (κ3) is 2.86. The predicted molar refractivity (Wildman–Crippen MR) is 78.7 cm³/mol. The number of nitrogens with zero attached hydrogens (tertiary/aromatic N) is 2. The number of aryl methyl sites for hydroxylation is 1. The van der Waals surface area contributed by atoms with Gasteiger partial charge in [-0.1, -0.05) is 36.9 Å². The van der Waals surface area contributed by atoms with E-state index in [0.717, 1.165) is 16.8 Å². The molecule has 1 aromatic carbocycles. The van der Waals surface area contributed by atoms with Crippen molar-refractivity contribution in [1.29, 1.82) is 0 Å². The maximum Gasteiger partial charge on any atom is 0.0645 e. The number of allylic oxidation sites excluding steroid dienone is 5. The highest BCUT2D eigenvalue weighted by Gasteiger charge is 2.02. The molecule has 18 heavy (non-hydrogen) atoms. The summed E-state index contributed by atoms with van der Waals surface area (Å²) in [6, 6.07) is 8.21. The van der Waals surface area contributed by atoms with Gasteiger partial charge in [-0.05, 0) is 42.4 Å². The number of hydrogen-bond donors (Lipinski definition) is 0. The van der Waals surface area contributed by atoms with E-state index in [1.165, 1.54) is 5.56 Å². The fraction of sp³-hybridized carbons (Fsp3) is 0.0625. The number of rotatable bonds is 2. The Morgan fingerprint density at radius 1 is 1.22 bits per heavy atom. The van der Waals surface area contributed by atoms with Gasteiger partial charge in [0.25, 0.3) is 0 Å². The van der Waals surface area contributed by atoms with Crippen LogP contribution in [-0.2, 0) is 0 Å². The second-order valence-electron chi connectivity index (χ2n) is 4.16. The smallest absolute Gasteiger partial charge is 0.0645 e. The molecule has 0 bridgehead atoms. The van der Waals surface area contributed by atoms with E-state index in [4.69, 9.17) is 0 Å². The van der Waals surface area contributed by atoms with Crippen LogP contribution in [0.25, 0.3) is 0 Å². The molecule has 2 rings (SSSR count). The lowest BCUT2D eigenvalue weighted by Gasteiger charge is -2.16. The predicted octanol–water partition coefficient (Wildman–Crippen LogP) is 3.98. The number of hydrazone groups is 1. The van der Waals surface area contributed by atoms with Crippen molar-refractivity contribution in [2.24, 2.45) is 5.10 Å². The molecule has 0 aliphatic carbocycles. The van der Waals surface area contributed by atoms with E-state index < -0.39 is 0 Å². The fourth-order valence-electron chi connectivity index (χ4n) is 1.60. The van der Waals surface area contributed by atoms with Crippen LogP contribution in [0.15, 0.2) is 78.1 Å². The fourth-order valence-corrected chi connectivity index (χ4v) is 1.60. The normalized spacial score (nSPS) is 21.5. The van der Waals surface area contributed by atoms with Gasteiger partial charge >= 0.3 is 0 Å². The highest BCUT2D eigenvalue weighted by Crippen LogP contribution is 2.18. The number of benzene rings is 1. The minimum Gasteiger partial charge on any atom is -0.241 e. The first-order valence-electron chi connectivity index (χ1n) is 5.80. The van der Waals surface area contributed by atoms with Crippen LogP contribution in [0.5, 0.6) is 0 Å². The molecule has 0 spiro atoms. The Kier molecular flexibility index (Phi) is 3.58. The molecule has 2 heteroatoms. The average molecular weight is 236 g/mol. The molecule has 1 aliphatic heterocycles. The van der Waals surface area contributed by atoms with Crippen LogP contribution in [0.1, 0.15) is 5.56 Å². The lowest BCUT2D eigenvalue weighted by molar-refractivity contribution is 1.08. The summed E-state index contributed by atoms with van der Waals surface area (Å²) in [5.74, 6) is 0. The van der Waals surface area contributed by atoms with Crippen molar-refractivity contribution in [1.82, 2.24) is 0 Å². The van der Waals surface area contributed by atoms with Crippen molar-refractivity contribution in [3.8, 4) is 0 Å². The number of anilines is 1. The highest BCUT2D eigenvalue weighted by molar-refractivity contribution is 5.84. The van der Waals surface area contributed by atoms with Gasteiger partial charge in [0.2, 0.25) is 0 Å². The zero-order valence-corrected chi connectivity index (χ0v) is 10.5. The van der Waals surface area contributed by atoms with Crippen LogP contribution in [0.3, 0.4) is 0 Å². The Morgan fingerprint density at radius 3 is 2.61 bits per heavy atom. The zero-order valence-electron chi connectivity index (χ0n) is 10.5. The topological polar surface area (TPSA) is 15.6 Å². The van der Waals surface area contributed by atoms with E-state index in [2.05, 4.69) is 37.3 Å². The van der Waals surface area contributed by atoms with Gasteiger partial charge in [0.1, 0.15) is 0 Å². The van der Waals surface area contributed by atoms with E-state index in [-0.39, 0.29) is 0 Å². The van der Waals surface area contributed by atoms with Crippen molar-refractivity contribution >= 4 is 11.9 Å². The molecule has 0 N–H and O–H groups in total. The van der Waals surface area contributed by atoms with Crippen molar-refractivity contribution in [3.63, 3.8) is 0 Å². The summed E-state index contributed by atoms with van der Waals surface area (Å²) in [6.07, 6.45) is 9.32. The highest BCUT2D eigenvalue weighted by atomic mass is 15.4. The quantitative estimate of drug-likeness (QED) is 0.758. The molecule has 0 aromatic heterocycles. The maximum absolute atomic E-state index is 4.41. The lowest BCUT2D eigenvalue weighted by Crippen LogP contribution is -2.09. The average Bonchev–Trinajstić information content (AvgIpc) is 2.36. The van der Waals surface area contributed by atoms with Crippen LogP contribution in [0, 0.1) is 6.92 Å². The van der Waals surface area contributed by atoms with E-state index in [1.807, 2.05) is 35.5 Å². The van der Waals surface area contributed by atoms with Crippen molar-refractivity contribution < 1.29 is 0 Å². The van der Waals surface area contributed by atoms with Crippen molar-refractivity contribution in [2.75, 3.05) is 5.01 Å². The molecule has 1 aliphatic rings. The molecule has 0 unspecified atom stereocenters. The van der Waals surface area contributed by atoms with E-state index in [0.29, 0.717) is 0 Å². The second-order valence-corrected chi connectivity index (χ2v) is 4.16. The Labute approximate surface area is 108 Å². The van der Waals surface area contributed by atoms with Crippen LogP contribution < -0.4 is 5.01 Å². The Bertz CT molecular complexity index is 545. The largest absolute Gasteiger partial charge is 0.241 e. The van der Waals surface area contributed by atoms with Crippen LogP contribution in [0.4, 0.5) is 5.69 Å². The molecule has 0 radical (unpaired) electrons. The Morgan fingerprint density at radius 2 is 1.94 bits per heavy atom. The standard InChI is InChI=1S/C16H16N2/c1-4-15-11-14(3)9-10-18(17-12-15)16-7-5-13(2)6-8-16/h4-12H,1,3H2,2H3/b10-9-,15-11-,17-12-. The lowest BCUT2D eigenvalue weighted by atomic mass is 10.1. The molecule has 0 fully saturated rings. The summed E-state index contributed by atoms with van der Waals surface area (Å²) in [5, 5.41) is 6.23. The maximum atomic E-state index is 4.41. The molecule has 2 nitrogen and oxygen atoms in total. The summed E-state index contributed by atoms with van der Waals surface area (Å²) in [4.78, 5) is 0. The molecule has 0 atom stereocenters. The molecule has 0 amide bonds. The minimum absolute atomic E-state index is 0.924. The third-order valence-corrected chi connectivity index (χ3v) is 2.65. The summed E-state index contributed by atoms with van der Waals surface area (Å²) < 4.78 is 0. The molecular formula is C16H16N2. The van der Waals surface area contributed by atoms with Gasteiger partial charge in [-0.3, -0.25) is 0 Å². The molecule has 1 aromatic rings. The van der Waals surface area contributed by atoms with Crippen LogP contribution in [-0.4, -0.2) is 6.21 Å². The first kappa shape index (κ1) is 12.1. The van der Waals surface area contributed by atoms with Gasteiger partial charge < -0.3 is 0 Å². The summed E-state index contributed by atoms with van der Waals surface area (Å²) in [6.45, 7) is 9.78. The van der Waals surface area contributed by atoms with E-state index >= 15 is 0 Å². The minimum atomic E-state index is 0.924. The van der Waals surface area contributed by atoms with Gasteiger partial charge in [0.05, 0.1) is 11.9 Å². The van der Waals surface area contributed by atoms with Gasteiger partial charge in [-0.15, -0.1) is 0 Å². The first-order chi connectivity index (χ1) is 8.69. The zero-order chi connectivity index (χ0) is 13.0. The van der Waals surface area contributed by atoms with Crippen LogP contribution in [0.2, 0.25) is 0 Å². The van der Waals surface area contributed by atoms with Crippen LogP contribution >= 0.6 is 0 Å². The molecular weight excluding hydrogens is 220 g/mol. The number of hydrogen-bond acceptors (Lipinski definition) is 2. The van der Waals surface area contributed by atoms with Gasteiger partial charge in [0, 0.05) is 6.20 Å². The monoisotopic (exact) mass is 236 g/mol. The Hall–Kier alpha value is -2.35.